The van der Waals surface area contributed by atoms with Gasteiger partial charge >= 0.3 is 5.97 Å². The van der Waals surface area contributed by atoms with E-state index in [9.17, 15) is 4.79 Å². The van der Waals surface area contributed by atoms with Gasteiger partial charge in [0.25, 0.3) is 0 Å². The second kappa shape index (κ2) is 5.15. The monoisotopic (exact) mass is 197 g/mol. The summed E-state index contributed by atoms with van der Waals surface area (Å²) in [5, 5.41) is 0. The van der Waals surface area contributed by atoms with Crippen LogP contribution in [-0.2, 0) is 9.53 Å². The van der Waals surface area contributed by atoms with Crippen molar-refractivity contribution in [3.63, 3.8) is 0 Å². The van der Waals surface area contributed by atoms with Gasteiger partial charge in [-0.15, -0.1) is 0 Å². The van der Waals surface area contributed by atoms with Crippen molar-refractivity contribution in [1.82, 2.24) is 4.90 Å². The highest BCUT2D eigenvalue weighted by Gasteiger charge is 2.21. The van der Waals surface area contributed by atoms with E-state index >= 15 is 0 Å². The molecule has 0 N–H and O–H groups in total. The van der Waals surface area contributed by atoms with Crippen LogP contribution in [0.25, 0.3) is 0 Å². The molecule has 3 nitrogen and oxygen atoms in total. The number of esters is 1. The van der Waals surface area contributed by atoms with Crippen LogP contribution in [0.5, 0.6) is 0 Å². The van der Waals surface area contributed by atoms with Crippen molar-refractivity contribution in [2.45, 2.75) is 19.3 Å². The minimum atomic E-state index is -0.0647. The van der Waals surface area contributed by atoms with Crippen LogP contribution in [0.1, 0.15) is 19.3 Å². The Morgan fingerprint density at radius 1 is 1.64 bits per heavy atom. The molecule has 0 unspecified atom stereocenters. The summed E-state index contributed by atoms with van der Waals surface area (Å²) in [6, 6.07) is 0. The van der Waals surface area contributed by atoms with E-state index in [0.717, 1.165) is 25.8 Å². The molecule has 1 aliphatic rings. The molecule has 0 saturated heterocycles. The Labute approximate surface area is 85.7 Å². The third kappa shape index (κ3) is 3.14. The molecule has 1 rings (SSSR count). The molecule has 0 amide bonds. The molecular formula is C11H19NO2. The second-order valence-corrected chi connectivity index (χ2v) is 4.09. The highest BCUT2D eigenvalue weighted by Crippen LogP contribution is 2.24. The van der Waals surface area contributed by atoms with Crippen LogP contribution in [0, 0.1) is 5.92 Å². The van der Waals surface area contributed by atoms with Crippen molar-refractivity contribution in [3.8, 4) is 0 Å². The molecule has 80 valence electrons. The van der Waals surface area contributed by atoms with Gasteiger partial charge in [0.2, 0.25) is 0 Å². The zero-order valence-corrected chi connectivity index (χ0v) is 9.25. The van der Waals surface area contributed by atoms with Crippen LogP contribution in [0.15, 0.2) is 11.6 Å². The first-order valence-electron chi connectivity index (χ1n) is 5.04. The third-order valence-electron chi connectivity index (χ3n) is 2.56. The largest absolute Gasteiger partial charge is 0.469 e. The molecule has 0 radical (unpaired) electrons. The summed E-state index contributed by atoms with van der Waals surface area (Å²) in [7, 11) is 5.59. The highest BCUT2D eigenvalue weighted by atomic mass is 16.5. The van der Waals surface area contributed by atoms with Gasteiger partial charge in [0.05, 0.1) is 13.0 Å². The number of ether oxygens (including phenoxy) is 1. The van der Waals surface area contributed by atoms with Gasteiger partial charge in [-0.3, -0.25) is 4.79 Å². The van der Waals surface area contributed by atoms with Crippen molar-refractivity contribution in [2.24, 2.45) is 5.92 Å². The lowest BCUT2D eigenvalue weighted by molar-refractivity contribution is -0.145. The Morgan fingerprint density at radius 2 is 2.36 bits per heavy atom. The smallest absolute Gasteiger partial charge is 0.308 e. The van der Waals surface area contributed by atoms with Crippen LogP contribution in [0.2, 0.25) is 0 Å². The van der Waals surface area contributed by atoms with Crippen molar-refractivity contribution in [2.75, 3.05) is 27.7 Å². The number of likely N-dealkylation sites (N-methyl/N-ethyl adjacent to an activating group) is 1. The van der Waals surface area contributed by atoms with Crippen molar-refractivity contribution in [3.05, 3.63) is 11.6 Å². The number of carbonyl (C=O) groups is 1. The molecule has 0 aromatic rings. The van der Waals surface area contributed by atoms with Gasteiger partial charge in [-0.1, -0.05) is 11.6 Å². The number of nitrogens with zero attached hydrogens (tertiary/aromatic N) is 1. The zero-order valence-electron chi connectivity index (χ0n) is 9.25. The van der Waals surface area contributed by atoms with E-state index in [1.165, 1.54) is 12.7 Å². The van der Waals surface area contributed by atoms with E-state index in [0.29, 0.717) is 0 Å². The lowest BCUT2D eigenvalue weighted by Gasteiger charge is -2.21. The second-order valence-electron chi connectivity index (χ2n) is 4.09. The first kappa shape index (κ1) is 11.2. The highest BCUT2D eigenvalue weighted by molar-refractivity contribution is 5.72. The fourth-order valence-electron chi connectivity index (χ4n) is 1.82. The summed E-state index contributed by atoms with van der Waals surface area (Å²) < 4.78 is 4.73. The lowest BCUT2D eigenvalue weighted by atomic mass is 9.89. The summed E-state index contributed by atoms with van der Waals surface area (Å²) in [6.07, 6.45) is 4.99. The number of carbonyl (C=O) groups excluding carboxylic acids is 1. The zero-order chi connectivity index (χ0) is 10.6. The molecule has 0 fully saturated rings. The van der Waals surface area contributed by atoms with E-state index in [-0.39, 0.29) is 11.9 Å². The number of allylic oxidation sites excluding steroid dienone is 1. The van der Waals surface area contributed by atoms with Gasteiger partial charge in [0, 0.05) is 6.54 Å². The van der Waals surface area contributed by atoms with Crippen LogP contribution in [-0.4, -0.2) is 38.6 Å². The molecule has 1 aliphatic carbocycles. The first-order chi connectivity index (χ1) is 6.63. The summed E-state index contributed by atoms with van der Waals surface area (Å²) in [5.74, 6) is 0.0241. The molecule has 0 spiro atoms. The van der Waals surface area contributed by atoms with E-state index in [4.69, 9.17) is 4.74 Å². The molecule has 14 heavy (non-hydrogen) atoms. The average Bonchev–Trinajstić information content (AvgIpc) is 2.17. The fourth-order valence-corrected chi connectivity index (χ4v) is 1.82. The summed E-state index contributed by atoms with van der Waals surface area (Å²) in [6.45, 7) is 1.01. The number of hydrogen-bond donors (Lipinski definition) is 0. The maximum Gasteiger partial charge on any atom is 0.308 e. The van der Waals surface area contributed by atoms with Crippen molar-refractivity contribution < 1.29 is 9.53 Å². The summed E-state index contributed by atoms with van der Waals surface area (Å²) in [4.78, 5) is 13.4. The number of rotatable bonds is 3. The van der Waals surface area contributed by atoms with Crippen molar-refractivity contribution in [1.29, 1.82) is 0 Å². The molecule has 3 heteroatoms. The van der Waals surface area contributed by atoms with Crippen molar-refractivity contribution >= 4 is 5.97 Å². The Morgan fingerprint density at radius 3 is 2.79 bits per heavy atom. The van der Waals surface area contributed by atoms with E-state index in [1.54, 1.807) is 0 Å². The Kier molecular flexibility index (Phi) is 4.14. The number of hydrogen-bond acceptors (Lipinski definition) is 3. The molecule has 0 heterocycles. The molecule has 0 aromatic carbocycles. The van der Waals surface area contributed by atoms with Gasteiger partial charge in [0.1, 0.15) is 0 Å². The Balaban J connectivity index is 2.43. The molecule has 0 aromatic heterocycles. The first-order valence-corrected chi connectivity index (χ1v) is 5.04. The predicted molar refractivity (Wildman–Crippen MR) is 56.0 cm³/mol. The Bertz CT molecular complexity index is 233. The minimum absolute atomic E-state index is 0.0647. The van der Waals surface area contributed by atoms with Gasteiger partial charge in [-0.05, 0) is 33.4 Å². The molecule has 0 bridgehead atoms. The molecule has 1 atom stereocenters. The molecule has 0 saturated carbocycles. The SMILES string of the molecule is COC(=O)[C@@H]1CC=C(CN(C)C)CC1. The average molecular weight is 197 g/mol. The standard InChI is InChI=1S/C11H19NO2/c1-12(2)8-9-4-6-10(7-5-9)11(13)14-3/h4,10H,5-8H2,1-3H3/t10-/m1/s1. The third-order valence-corrected chi connectivity index (χ3v) is 2.56. The fraction of sp³-hybridized carbons (Fsp3) is 0.727. The van der Waals surface area contributed by atoms with Gasteiger partial charge in [0.15, 0.2) is 0 Å². The van der Waals surface area contributed by atoms with Crippen LogP contribution < -0.4 is 0 Å². The minimum Gasteiger partial charge on any atom is -0.469 e. The van der Waals surface area contributed by atoms with E-state index in [1.807, 2.05) is 0 Å². The predicted octanol–water partition coefficient (Wildman–Crippen LogP) is 1.45. The van der Waals surface area contributed by atoms with Gasteiger partial charge in [-0.2, -0.15) is 0 Å². The van der Waals surface area contributed by atoms with Crippen LogP contribution in [0.4, 0.5) is 0 Å². The summed E-state index contributed by atoms with van der Waals surface area (Å²) >= 11 is 0. The summed E-state index contributed by atoms with van der Waals surface area (Å²) in [5.41, 5.74) is 1.44. The quantitative estimate of drug-likeness (QED) is 0.506. The van der Waals surface area contributed by atoms with Gasteiger partial charge < -0.3 is 9.64 Å². The van der Waals surface area contributed by atoms with Gasteiger partial charge in [-0.25, -0.2) is 0 Å². The molecular weight excluding hydrogens is 178 g/mol. The van der Waals surface area contributed by atoms with E-state index < -0.39 is 0 Å². The van der Waals surface area contributed by atoms with Crippen LogP contribution in [0.3, 0.4) is 0 Å². The molecule has 0 aliphatic heterocycles. The number of methoxy groups -OCH3 is 1. The maximum absolute atomic E-state index is 11.2. The van der Waals surface area contributed by atoms with E-state index in [2.05, 4.69) is 25.1 Å². The topological polar surface area (TPSA) is 29.5 Å². The maximum atomic E-state index is 11.2. The lowest BCUT2D eigenvalue weighted by Crippen LogP contribution is -2.22. The Hall–Kier alpha value is -0.830. The normalized spacial score (nSPS) is 22.0. The van der Waals surface area contributed by atoms with Crippen LogP contribution >= 0.6 is 0 Å².